The lowest BCUT2D eigenvalue weighted by molar-refractivity contribution is -0.135. The lowest BCUT2D eigenvalue weighted by Gasteiger charge is -2.19. The zero-order valence-electron chi connectivity index (χ0n) is 9.86. The number of nitrogens with zero attached hydrogens (tertiary/aromatic N) is 1. The van der Waals surface area contributed by atoms with Crippen molar-refractivity contribution in [1.82, 2.24) is 15.5 Å². The highest BCUT2D eigenvalue weighted by molar-refractivity contribution is 5.89. The molecule has 0 radical (unpaired) electrons. The van der Waals surface area contributed by atoms with Crippen molar-refractivity contribution in [1.29, 1.82) is 0 Å². The second kappa shape index (κ2) is 4.73. The molecule has 0 aromatic carbocycles. The number of nitrogens with one attached hydrogen (secondary N) is 2. The lowest BCUT2D eigenvalue weighted by atomic mass is 10.1. The Morgan fingerprint density at radius 2 is 2.24 bits per heavy atom. The summed E-state index contributed by atoms with van der Waals surface area (Å²) in [7, 11) is 0. The molecule has 2 rings (SSSR count). The normalized spacial score (nSPS) is 28.1. The molecule has 0 aromatic heterocycles. The molecule has 0 saturated carbocycles. The number of likely N-dealkylation sites (tertiary alicyclic amines) is 1. The first-order valence-electron chi connectivity index (χ1n) is 5.89. The number of rotatable bonds is 2. The molecule has 2 aliphatic rings. The van der Waals surface area contributed by atoms with Crippen LogP contribution in [-0.4, -0.2) is 48.3 Å². The van der Waals surface area contributed by atoms with E-state index in [0.717, 1.165) is 6.42 Å². The summed E-state index contributed by atoms with van der Waals surface area (Å²) in [4.78, 5) is 35.7. The first kappa shape index (κ1) is 11.9. The zero-order chi connectivity index (χ0) is 12.4. The second-order valence-electron chi connectivity index (χ2n) is 4.68. The van der Waals surface area contributed by atoms with E-state index in [9.17, 15) is 14.4 Å². The summed E-state index contributed by atoms with van der Waals surface area (Å²) < 4.78 is 0. The average molecular weight is 239 g/mol. The van der Waals surface area contributed by atoms with Crippen molar-refractivity contribution in [3.05, 3.63) is 0 Å². The predicted octanol–water partition coefficient (Wildman–Crippen LogP) is -1.14. The van der Waals surface area contributed by atoms with Gasteiger partial charge in [0.2, 0.25) is 17.7 Å². The van der Waals surface area contributed by atoms with Crippen LogP contribution in [0.15, 0.2) is 0 Å². The third kappa shape index (κ3) is 2.75. The number of carbonyl (C=O) groups excluding carboxylic acids is 3. The zero-order valence-corrected chi connectivity index (χ0v) is 9.86. The Kier molecular flexibility index (Phi) is 3.31. The van der Waals surface area contributed by atoms with Crippen LogP contribution in [0.2, 0.25) is 0 Å². The highest BCUT2D eigenvalue weighted by Gasteiger charge is 2.34. The van der Waals surface area contributed by atoms with E-state index < -0.39 is 0 Å². The molecule has 6 heteroatoms. The molecule has 2 heterocycles. The molecular formula is C11H17N3O3. The third-order valence-electron chi connectivity index (χ3n) is 3.23. The molecule has 0 aliphatic carbocycles. The predicted molar refractivity (Wildman–Crippen MR) is 59.9 cm³/mol. The van der Waals surface area contributed by atoms with Crippen molar-refractivity contribution in [2.75, 3.05) is 19.6 Å². The van der Waals surface area contributed by atoms with Crippen molar-refractivity contribution in [2.45, 2.75) is 25.8 Å². The van der Waals surface area contributed by atoms with E-state index in [1.54, 1.807) is 4.90 Å². The Balaban J connectivity index is 1.85. The van der Waals surface area contributed by atoms with E-state index >= 15 is 0 Å². The first-order valence-corrected chi connectivity index (χ1v) is 5.89. The van der Waals surface area contributed by atoms with Crippen LogP contribution in [0.25, 0.3) is 0 Å². The maximum absolute atomic E-state index is 12.0. The quantitative estimate of drug-likeness (QED) is 0.639. The van der Waals surface area contributed by atoms with Gasteiger partial charge in [0, 0.05) is 39.0 Å². The smallest absolute Gasteiger partial charge is 0.228 e. The summed E-state index contributed by atoms with van der Waals surface area (Å²) in [5, 5.41) is 5.47. The van der Waals surface area contributed by atoms with Gasteiger partial charge in [-0.15, -0.1) is 0 Å². The fourth-order valence-electron chi connectivity index (χ4n) is 2.40. The van der Waals surface area contributed by atoms with E-state index in [4.69, 9.17) is 0 Å². The minimum absolute atomic E-state index is 0.0243. The van der Waals surface area contributed by atoms with Crippen molar-refractivity contribution in [3.8, 4) is 0 Å². The second-order valence-corrected chi connectivity index (χ2v) is 4.68. The van der Waals surface area contributed by atoms with Gasteiger partial charge < -0.3 is 15.5 Å². The van der Waals surface area contributed by atoms with Crippen LogP contribution in [0, 0.1) is 5.92 Å². The van der Waals surface area contributed by atoms with Gasteiger partial charge in [-0.05, 0) is 6.42 Å². The number of amides is 3. The van der Waals surface area contributed by atoms with E-state index in [2.05, 4.69) is 10.6 Å². The van der Waals surface area contributed by atoms with Crippen LogP contribution < -0.4 is 10.6 Å². The van der Waals surface area contributed by atoms with Crippen LogP contribution in [-0.2, 0) is 14.4 Å². The fraction of sp³-hybridized carbons (Fsp3) is 0.727. The van der Waals surface area contributed by atoms with Crippen LogP contribution in [0.5, 0.6) is 0 Å². The highest BCUT2D eigenvalue weighted by Crippen LogP contribution is 2.17. The Morgan fingerprint density at radius 1 is 1.47 bits per heavy atom. The Hall–Kier alpha value is -1.59. The summed E-state index contributed by atoms with van der Waals surface area (Å²) in [5.41, 5.74) is 0. The summed E-state index contributed by atoms with van der Waals surface area (Å²) in [6.45, 7) is 3.14. The van der Waals surface area contributed by atoms with Gasteiger partial charge in [-0.3, -0.25) is 14.4 Å². The molecule has 2 aliphatic heterocycles. The topological polar surface area (TPSA) is 78.5 Å². The van der Waals surface area contributed by atoms with Gasteiger partial charge in [0.05, 0.1) is 5.92 Å². The summed E-state index contributed by atoms with van der Waals surface area (Å²) in [5.74, 6) is -0.322. The summed E-state index contributed by atoms with van der Waals surface area (Å²) in [6, 6.07) is 0.0570. The molecular weight excluding hydrogens is 222 g/mol. The van der Waals surface area contributed by atoms with Crippen LogP contribution in [0.1, 0.15) is 19.8 Å². The molecule has 94 valence electrons. The Labute approximate surface area is 99.7 Å². The van der Waals surface area contributed by atoms with E-state index in [0.29, 0.717) is 26.1 Å². The molecule has 0 spiro atoms. The average Bonchev–Trinajstić information content (AvgIpc) is 2.85. The SMILES string of the molecule is CC(=O)NC1CCN(C(=O)C2CNC(=O)C2)C1. The van der Waals surface area contributed by atoms with Crippen molar-refractivity contribution >= 4 is 17.7 Å². The number of hydrogen-bond acceptors (Lipinski definition) is 3. The molecule has 2 atom stereocenters. The molecule has 17 heavy (non-hydrogen) atoms. The molecule has 0 bridgehead atoms. The Bertz CT molecular complexity index is 356. The minimum Gasteiger partial charge on any atom is -0.355 e. The lowest BCUT2D eigenvalue weighted by Crippen LogP contribution is -2.39. The largest absolute Gasteiger partial charge is 0.355 e. The standard InChI is InChI=1S/C11H17N3O3/c1-7(15)13-9-2-3-14(6-9)11(17)8-4-10(16)12-5-8/h8-9H,2-6H2,1H3,(H,12,16)(H,13,15). The van der Waals surface area contributed by atoms with E-state index in [-0.39, 0.29) is 29.7 Å². The van der Waals surface area contributed by atoms with Gasteiger partial charge in [0.1, 0.15) is 0 Å². The molecule has 2 fully saturated rings. The molecule has 0 aromatic rings. The van der Waals surface area contributed by atoms with Gasteiger partial charge in [-0.1, -0.05) is 0 Å². The van der Waals surface area contributed by atoms with Gasteiger partial charge in [-0.2, -0.15) is 0 Å². The minimum atomic E-state index is -0.224. The van der Waals surface area contributed by atoms with Gasteiger partial charge in [0.15, 0.2) is 0 Å². The van der Waals surface area contributed by atoms with Gasteiger partial charge in [-0.25, -0.2) is 0 Å². The highest BCUT2D eigenvalue weighted by atomic mass is 16.2. The van der Waals surface area contributed by atoms with Crippen molar-refractivity contribution in [2.24, 2.45) is 5.92 Å². The fourth-order valence-corrected chi connectivity index (χ4v) is 2.40. The monoisotopic (exact) mass is 239 g/mol. The van der Waals surface area contributed by atoms with Crippen LogP contribution >= 0.6 is 0 Å². The maximum Gasteiger partial charge on any atom is 0.228 e. The number of hydrogen-bond donors (Lipinski definition) is 2. The third-order valence-corrected chi connectivity index (χ3v) is 3.23. The molecule has 2 unspecified atom stereocenters. The molecule has 3 amide bonds. The van der Waals surface area contributed by atoms with Crippen molar-refractivity contribution in [3.63, 3.8) is 0 Å². The van der Waals surface area contributed by atoms with Crippen LogP contribution in [0.4, 0.5) is 0 Å². The van der Waals surface area contributed by atoms with Crippen LogP contribution in [0.3, 0.4) is 0 Å². The summed E-state index contributed by atoms with van der Waals surface area (Å²) in [6.07, 6.45) is 1.08. The number of carbonyl (C=O) groups is 3. The van der Waals surface area contributed by atoms with Gasteiger partial charge in [0.25, 0.3) is 0 Å². The maximum atomic E-state index is 12.0. The van der Waals surface area contributed by atoms with E-state index in [1.165, 1.54) is 6.92 Å². The van der Waals surface area contributed by atoms with Crippen molar-refractivity contribution < 1.29 is 14.4 Å². The molecule has 2 saturated heterocycles. The Morgan fingerprint density at radius 3 is 2.82 bits per heavy atom. The molecule has 6 nitrogen and oxygen atoms in total. The van der Waals surface area contributed by atoms with E-state index in [1.807, 2.05) is 0 Å². The summed E-state index contributed by atoms with van der Waals surface area (Å²) >= 11 is 0. The van der Waals surface area contributed by atoms with Gasteiger partial charge >= 0.3 is 0 Å². The first-order chi connectivity index (χ1) is 8.06. The molecule has 2 N–H and O–H groups in total.